The minimum atomic E-state index is -0.447. The molecule has 190 valence electrons. The highest BCUT2D eigenvalue weighted by Crippen LogP contribution is 2.44. The van der Waals surface area contributed by atoms with Gasteiger partial charge in [0.25, 0.3) is 5.91 Å². The Morgan fingerprint density at radius 2 is 2.09 bits per heavy atom. The molecule has 0 aliphatic carbocycles. The van der Waals surface area contributed by atoms with Gasteiger partial charge in [0, 0.05) is 38.7 Å². The monoisotopic (exact) mass is 505 g/mol. The smallest absolute Gasteiger partial charge is 0.255 e. The molecule has 9 heteroatoms. The molecule has 2 aromatic carbocycles. The Hall–Kier alpha value is -2.55. The highest BCUT2D eigenvalue weighted by molar-refractivity contribution is 6.33. The number of fused-ring (bicyclic) bond motifs is 1. The van der Waals surface area contributed by atoms with Gasteiger partial charge >= 0.3 is 0 Å². The third-order valence-electron chi connectivity index (χ3n) is 6.56. The highest BCUT2D eigenvalue weighted by atomic mass is 35.5. The second kappa shape index (κ2) is 10.6. The van der Waals surface area contributed by atoms with Crippen LogP contribution in [0, 0.1) is 5.82 Å². The molecule has 4 rings (SSSR count). The van der Waals surface area contributed by atoms with Crippen molar-refractivity contribution in [3.63, 3.8) is 0 Å². The fourth-order valence-electron chi connectivity index (χ4n) is 4.74. The number of carbonyl (C=O) groups excluding carboxylic acids is 1. The minimum Gasteiger partial charge on any atom is -0.494 e. The van der Waals surface area contributed by atoms with Crippen LogP contribution in [-0.2, 0) is 11.2 Å². The van der Waals surface area contributed by atoms with Gasteiger partial charge in [-0.25, -0.2) is 4.39 Å². The number of hydrogen-bond donors (Lipinski definition) is 2. The van der Waals surface area contributed by atoms with Crippen LogP contribution in [-0.4, -0.2) is 61.9 Å². The van der Waals surface area contributed by atoms with Crippen LogP contribution in [0.5, 0.6) is 11.5 Å². The fraction of sp³-hybridized carbons (Fsp3) is 0.500. The zero-order valence-electron chi connectivity index (χ0n) is 20.4. The predicted molar refractivity (Wildman–Crippen MR) is 134 cm³/mol. The minimum absolute atomic E-state index is 0.138. The molecule has 1 saturated heterocycles. The molecular formula is C26H33ClFN3O4. The summed E-state index contributed by atoms with van der Waals surface area (Å²) in [7, 11) is 1.66. The summed E-state index contributed by atoms with van der Waals surface area (Å²) in [5.41, 5.74) is 7.37. The molecule has 0 radical (unpaired) electrons. The van der Waals surface area contributed by atoms with Crippen LogP contribution in [0.2, 0.25) is 5.02 Å². The van der Waals surface area contributed by atoms with Crippen LogP contribution < -0.4 is 20.5 Å². The Bertz CT molecular complexity index is 1060. The summed E-state index contributed by atoms with van der Waals surface area (Å²) in [5.74, 6) is 0.651. The van der Waals surface area contributed by atoms with Crippen molar-refractivity contribution in [1.29, 1.82) is 0 Å². The zero-order chi connectivity index (χ0) is 25.2. The normalized spacial score (nSPS) is 21.3. The number of nitrogens with zero attached hydrogens (tertiary/aromatic N) is 1. The molecule has 2 atom stereocenters. The number of nitrogens with one attached hydrogen (secondary N) is 1. The van der Waals surface area contributed by atoms with E-state index in [4.69, 9.17) is 31.5 Å². The van der Waals surface area contributed by atoms with E-state index in [1.165, 1.54) is 12.1 Å². The standard InChI is InChI=1S/C26H33ClFN3O4/c1-26(2)14-19-23(29)20(27)13-18(24(19)35-26)25(32)30-21-9-11-31(15-22(21)33-3)10-4-12-34-17-7-5-16(28)6-8-17/h5-8,13,21-22H,4,9-12,14-15,29H2,1-3H3,(H,30,32)/t21-,22+/m1/s1. The van der Waals surface area contributed by atoms with Crippen LogP contribution >= 0.6 is 11.6 Å². The number of likely N-dealkylation sites (tertiary alicyclic amines) is 1. The maximum atomic E-state index is 13.3. The van der Waals surface area contributed by atoms with Crippen molar-refractivity contribution in [1.82, 2.24) is 10.2 Å². The summed E-state index contributed by atoms with van der Waals surface area (Å²) in [4.78, 5) is 15.6. The Labute approximate surface area is 210 Å². The summed E-state index contributed by atoms with van der Waals surface area (Å²) in [6, 6.07) is 7.47. The molecule has 0 bridgehead atoms. The molecule has 0 spiro atoms. The summed E-state index contributed by atoms with van der Waals surface area (Å²) < 4.78 is 30.5. The number of hydrogen-bond acceptors (Lipinski definition) is 6. The first-order valence-electron chi connectivity index (χ1n) is 11.9. The molecule has 1 amide bonds. The molecule has 0 saturated carbocycles. The number of methoxy groups -OCH3 is 1. The number of benzene rings is 2. The number of amides is 1. The van der Waals surface area contributed by atoms with Gasteiger partial charge in [-0.05, 0) is 57.0 Å². The topological polar surface area (TPSA) is 86.1 Å². The molecule has 1 fully saturated rings. The third-order valence-corrected chi connectivity index (χ3v) is 6.87. The number of halogens is 2. The molecule has 3 N–H and O–H groups in total. The first-order chi connectivity index (χ1) is 16.7. The number of piperidine rings is 1. The van der Waals surface area contributed by atoms with Gasteiger partial charge < -0.3 is 30.2 Å². The number of rotatable bonds is 8. The van der Waals surface area contributed by atoms with Gasteiger partial charge in [-0.1, -0.05) is 11.6 Å². The average molecular weight is 506 g/mol. The van der Waals surface area contributed by atoms with Crippen molar-refractivity contribution in [2.24, 2.45) is 0 Å². The van der Waals surface area contributed by atoms with E-state index in [1.807, 2.05) is 13.8 Å². The second-order valence-electron chi connectivity index (χ2n) is 9.77. The quantitative estimate of drug-likeness (QED) is 0.415. The molecule has 7 nitrogen and oxygen atoms in total. The first kappa shape index (κ1) is 25.5. The number of ether oxygens (including phenoxy) is 3. The lowest BCUT2D eigenvalue weighted by Gasteiger charge is -2.38. The van der Waals surface area contributed by atoms with Crippen LogP contribution in [0.3, 0.4) is 0 Å². The Balaban J connectivity index is 1.32. The first-order valence-corrected chi connectivity index (χ1v) is 12.3. The fourth-order valence-corrected chi connectivity index (χ4v) is 4.96. The maximum Gasteiger partial charge on any atom is 0.255 e. The van der Waals surface area contributed by atoms with E-state index in [-0.39, 0.29) is 23.9 Å². The van der Waals surface area contributed by atoms with E-state index >= 15 is 0 Å². The Morgan fingerprint density at radius 1 is 1.34 bits per heavy atom. The van der Waals surface area contributed by atoms with Gasteiger partial charge in [0.15, 0.2) is 0 Å². The number of anilines is 1. The molecular weight excluding hydrogens is 473 g/mol. The number of nitrogen functional groups attached to an aromatic ring is 1. The molecule has 0 unspecified atom stereocenters. The predicted octanol–water partition coefficient (Wildman–Crippen LogP) is 4.06. The van der Waals surface area contributed by atoms with Gasteiger partial charge in [-0.3, -0.25) is 4.79 Å². The van der Waals surface area contributed by atoms with Crippen molar-refractivity contribution in [3.8, 4) is 11.5 Å². The molecule has 2 aliphatic rings. The van der Waals surface area contributed by atoms with Crippen molar-refractivity contribution in [2.45, 2.75) is 50.9 Å². The van der Waals surface area contributed by atoms with E-state index in [9.17, 15) is 9.18 Å². The third kappa shape index (κ3) is 6.00. The van der Waals surface area contributed by atoms with Gasteiger partial charge in [-0.2, -0.15) is 0 Å². The summed E-state index contributed by atoms with van der Waals surface area (Å²) >= 11 is 6.34. The lowest BCUT2D eigenvalue weighted by Crippen LogP contribution is -2.55. The van der Waals surface area contributed by atoms with Crippen LogP contribution in [0.25, 0.3) is 0 Å². The number of nitrogens with two attached hydrogens (primary N) is 1. The number of carbonyl (C=O) groups is 1. The largest absolute Gasteiger partial charge is 0.494 e. The molecule has 2 aliphatic heterocycles. The van der Waals surface area contributed by atoms with E-state index < -0.39 is 5.60 Å². The zero-order valence-corrected chi connectivity index (χ0v) is 21.2. The van der Waals surface area contributed by atoms with Crippen molar-refractivity contribution >= 4 is 23.2 Å². The van der Waals surface area contributed by atoms with Crippen molar-refractivity contribution in [3.05, 3.63) is 52.3 Å². The lowest BCUT2D eigenvalue weighted by atomic mass is 9.97. The highest BCUT2D eigenvalue weighted by Gasteiger charge is 2.37. The molecule has 0 aromatic heterocycles. The Kier molecular flexibility index (Phi) is 7.73. The van der Waals surface area contributed by atoms with Crippen LogP contribution in [0.15, 0.2) is 30.3 Å². The van der Waals surface area contributed by atoms with E-state index in [2.05, 4.69) is 10.2 Å². The van der Waals surface area contributed by atoms with Gasteiger partial charge in [-0.15, -0.1) is 0 Å². The van der Waals surface area contributed by atoms with Gasteiger partial charge in [0.2, 0.25) is 0 Å². The van der Waals surface area contributed by atoms with E-state index in [1.54, 1.807) is 25.3 Å². The van der Waals surface area contributed by atoms with Crippen molar-refractivity contribution in [2.75, 3.05) is 39.1 Å². The summed E-state index contributed by atoms with van der Waals surface area (Å²) in [6.07, 6.45) is 2.02. The van der Waals surface area contributed by atoms with Crippen LogP contribution in [0.4, 0.5) is 10.1 Å². The summed E-state index contributed by atoms with van der Waals surface area (Å²) in [5, 5.41) is 3.49. The van der Waals surface area contributed by atoms with Gasteiger partial charge in [0.1, 0.15) is 22.9 Å². The maximum absolute atomic E-state index is 13.3. The lowest BCUT2D eigenvalue weighted by molar-refractivity contribution is 0.00523. The summed E-state index contributed by atoms with van der Waals surface area (Å²) in [6.45, 7) is 6.82. The second-order valence-corrected chi connectivity index (χ2v) is 10.2. The van der Waals surface area contributed by atoms with Crippen LogP contribution in [0.1, 0.15) is 42.6 Å². The van der Waals surface area contributed by atoms with E-state index in [0.29, 0.717) is 47.3 Å². The Morgan fingerprint density at radius 3 is 2.80 bits per heavy atom. The molecule has 35 heavy (non-hydrogen) atoms. The average Bonchev–Trinajstić information content (AvgIpc) is 3.16. The molecule has 2 heterocycles. The molecule has 2 aromatic rings. The van der Waals surface area contributed by atoms with E-state index in [0.717, 1.165) is 31.5 Å². The van der Waals surface area contributed by atoms with Crippen molar-refractivity contribution < 1.29 is 23.4 Å². The van der Waals surface area contributed by atoms with Gasteiger partial charge in [0.05, 0.1) is 35.0 Å². The SMILES string of the molecule is CO[C@H]1CN(CCCOc2ccc(F)cc2)CC[C@H]1NC(=O)c1cc(Cl)c(N)c2c1OC(C)(C)C2.